The molecule has 0 aliphatic heterocycles. The summed E-state index contributed by atoms with van der Waals surface area (Å²) in [7, 11) is 0. The molecular formula is C26H26F3NO2. The van der Waals surface area contributed by atoms with Crippen LogP contribution in [-0.4, -0.2) is 12.0 Å². The molecule has 1 N–H and O–H groups in total. The summed E-state index contributed by atoms with van der Waals surface area (Å²) in [5, 5.41) is 2.61. The van der Waals surface area contributed by atoms with Crippen molar-refractivity contribution < 1.29 is 22.7 Å². The standard InChI is InChI=1S/C26H26F3NO2/c1-17(2)32-23-13-11-20(12-14-23)24(19-9-7-18(3)8-10-19)16-25(31)30-22-6-4-5-21(15-22)26(27,28)29/h4-15,17,24H,16H2,1-3H3,(H,30,31). The van der Waals surface area contributed by atoms with Gasteiger partial charge in [0.1, 0.15) is 5.75 Å². The highest BCUT2D eigenvalue weighted by Gasteiger charge is 2.30. The molecule has 0 bridgehead atoms. The number of rotatable bonds is 7. The minimum atomic E-state index is -4.47. The number of carbonyl (C=O) groups excluding carboxylic acids is 1. The Kier molecular flexibility index (Phi) is 7.23. The number of carbonyl (C=O) groups is 1. The van der Waals surface area contributed by atoms with Crippen molar-refractivity contribution in [2.24, 2.45) is 0 Å². The van der Waals surface area contributed by atoms with Crippen molar-refractivity contribution in [3.8, 4) is 5.75 Å². The molecule has 0 spiro atoms. The number of amides is 1. The Morgan fingerprint density at radius 2 is 1.53 bits per heavy atom. The van der Waals surface area contributed by atoms with Crippen LogP contribution in [0.25, 0.3) is 0 Å². The molecule has 1 unspecified atom stereocenters. The van der Waals surface area contributed by atoms with Gasteiger partial charge in [0.2, 0.25) is 5.91 Å². The van der Waals surface area contributed by atoms with Gasteiger partial charge in [-0.2, -0.15) is 13.2 Å². The Morgan fingerprint density at radius 1 is 0.938 bits per heavy atom. The van der Waals surface area contributed by atoms with E-state index >= 15 is 0 Å². The summed E-state index contributed by atoms with van der Waals surface area (Å²) in [6.45, 7) is 5.87. The number of hydrogen-bond donors (Lipinski definition) is 1. The first-order chi connectivity index (χ1) is 15.1. The van der Waals surface area contributed by atoms with E-state index < -0.39 is 11.7 Å². The van der Waals surface area contributed by atoms with Crippen LogP contribution in [0.3, 0.4) is 0 Å². The van der Waals surface area contributed by atoms with Crippen LogP contribution in [0.1, 0.15) is 48.4 Å². The number of nitrogens with one attached hydrogen (secondary N) is 1. The van der Waals surface area contributed by atoms with Gasteiger partial charge in [-0.3, -0.25) is 4.79 Å². The maximum atomic E-state index is 13.0. The third-order valence-corrected chi connectivity index (χ3v) is 5.00. The van der Waals surface area contributed by atoms with Gasteiger partial charge < -0.3 is 10.1 Å². The third-order valence-electron chi connectivity index (χ3n) is 5.00. The summed E-state index contributed by atoms with van der Waals surface area (Å²) in [5.74, 6) is 0.117. The summed E-state index contributed by atoms with van der Waals surface area (Å²) in [4.78, 5) is 12.8. The molecule has 0 heterocycles. The predicted octanol–water partition coefficient (Wildman–Crippen LogP) is 6.96. The van der Waals surface area contributed by atoms with E-state index in [-0.39, 0.29) is 30.0 Å². The van der Waals surface area contributed by atoms with Crippen LogP contribution in [0.15, 0.2) is 72.8 Å². The van der Waals surface area contributed by atoms with Crippen LogP contribution < -0.4 is 10.1 Å². The number of anilines is 1. The third kappa shape index (κ3) is 6.36. The van der Waals surface area contributed by atoms with Crippen molar-refractivity contribution in [2.45, 2.75) is 45.4 Å². The lowest BCUT2D eigenvalue weighted by atomic mass is 9.87. The topological polar surface area (TPSA) is 38.3 Å². The first kappa shape index (κ1) is 23.4. The summed E-state index contributed by atoms with van der Waals surface area (Å²) >= 11 is 0. The highest BCUT2D eigenvalue weighted by Crippen LogP contribution is 2.32. The second kappa shape index (κ2) is 9.90. The summed E-state index contributed by atoms with van der Waals surface area (Å²) in [6.07, 6.45) is -4.33. The zero-order valence-electron chi connectivity index (χ0n) is 18.2. The zero-order chi connectivity index (χ0) is 23.3. The van der Waals surface area contributed by atoms with E-state index in [9.17, 15) is 18.0 Å². The van der Waals surface area contributed by atoms with Gasteiger partial charge in [-0.1, -0.05) is 48.0 Å². The largest absolute Gasteiger partial charge is 0.491 e. The Bertz CT molecular complexity index is 1040. The van der Waals surface area contributed by atoms with Crippen molar-refractivity contribution in [1.82, 2.24) is 0 Å². The normalized spacial score (nSPS) is 12.5. The molecule has 0 aliphatic rings. The van der Waals surface area contributed by atoms with E-state index in [0.717, 1.165) is 34.6 Å². The van der Waals surface area contributed by atoms with Crippen molar-refractivity contribution in [1.29, 1.82) is 0 Å². The quantitative estimate of drug-likeness (QED) is 0.430. The molecule has 0 aromatic heterocycles. The minimum Gasteiger partial charge on any atom is -0.491 e. The predicted molar refractivity (Wildman–Crippen MR) is 120 cm³/mol. The Morgan fingerprint density at radius 3 is 2.09 bits per heavy atom. The molecule has 0 aliphatic carbocycles. The van der Waals surface area contributed by atoms with E-state index in [4.69, 9.17) is 4.74 Å². The van der Waals surface area contributed by atoms with Crippen molar-refractivity contribution in [2.75, 3.05) is 5.32 Å². The lowest BCUT2D eigenvalue weighted by Gasteiger charge is -2.19. The first-order valence-electron chi connectivity index (χ1n) is 10.4. The Balaban J connectivity index is 1.83. The van der Waals surface area contributed by atoms with Gasteiger partial charge in [0, 0.05) is 18.0 Å². The van der Waals surface area contributed by atoms with Crippen LogP contribution in [0.4, 0.5) is 18.9 Å². The molecule has 3 aromatic rings. The maximum absolute atomic E-state index is 13.0. The highest BCUT2D eigenvalue weighted by molar-refractivity contribution is 5.91. The molecule has 6 heteroatoms. The molecule has 168 valence electrons. The number of ether oxygens (including phenoxy) is 1. The highest BCUT2D eigenvalue weighted by atomic mass is 19.4. The molecule has 0 saturated heterocycles. The number of alkyl halides is 3. The molecule has 3 rings (SSSR count). The average molecular weight is 441 g/mol. The summed E-state index contributed by atoms with van der Waals surface area (Å²) in [6, 6.07) is 20.1. The fourth-order valence-corrected chi connectivity index (χ4v) is 3.45. The number of halogens is 3. The second-order valence-electron chi connectivity index (χ2n) is 8.03. The monoisotopic (exact) mass is 441 g/mol. The molecule has 3 aromatic carbocycles. The van der Waals surface area contributed by atoms with Crippen molar-refractivity contribution in [3.05, 3.63) is 95.1 Å². The lowest BCUT2D eigenvalue weighted by molar-refractivity contribution is -0.137. The van der Waals surface area contributed by atoms with Gasteiger partial charge in [-0.25, -0.2) is 0 Å². The summed E-state index contributed by atoms with van der Waals surface area (Å²) in [5.41, 5.74) is 2.29. The van der Waals surface area contributed by atoms with Gasteiger partial charge in [0.25, 0.3) is 0 Å². The molecular weight excluding hydrogens is 415 g/mol. The molecule has 32 heavy (non-hydrogen) atoms. The summed E-state index contributed by atoms with van der Waals surface area (Å²) < 4.78 is 44.6. The van der Waals surface area contributed by atoms with Crippen LogP contribution in [0, 0.1) is 6.92 Å². The molecule has 1 atom stereocenters. The minimum absolute atomic E-state index is 0.0481. The van der Waals surface area contributed by atoms with Gasteiger partial charge >= 0.3 is 6.18 Å². The smallest absolute Gasteiger partial charge is 0.416 e. The van der Waals surface area contributed by atoms with E-state index in [1.165, 1.54) is 12.1 Å². The lowest BCUT2D eigenvalue weighted by Crippen LogP contribution is -2.17. The van der Waals surface area contributed by atoms with Gasteiger partial charge in [0.15, 0.2) is 0 Å². The SMILES string of the molecule is Cc1ccc(C(CC(=O)Nc2cccc(C(F)(F)F)c2)c2ccc(OC(C)C)cc2)cc1. The molecule has 0 radical (unpaired) electrons. The van der Waals surface area contributed by atoms with E-state index in [0.29, 0.717) is 0 Å². The van der Waals surface area contributed by atoms with E-state index in [1.807, 2.05) is 69.3 Å². The maximum Gasteiger partial charge on any atom is 0.416 e. The van der Waals surface area contributed by atoms with E-state index in [2.05, 4.69) is 5.32 Å². The number of hydrogen-bond acceptors (Lipinski definition) is 2. The molecule has 3 nitrogen and oxygen atoms in total. The Hall–Kier alpha value is -3.28. The van der Waals surface area contributed by atoms with Crippen molar-refractivity contribution in [3.63, 3.8) is 0 Å². The molecule has 1 amide bonds. The van der Waals surface area contributed by atoms with Gasteiger partial charge in [-0.05, 0) is 62.2 Å². The van der Waals surface area contributed by atoms with Crippen LogP contribution >= 0.6 is 0 Å². The van der Waals surface area contributed by atoms with E-state index in [1.54, 1.807) is 0 Å². The number of aryl methyl sites for hydroxylation is 1. The van der Waals surface area contributed by atoms with Gasteiger partial charge in [-0.15, -0.1) is 0 Å². The Labute approximate surface area is 186 Å². The van der Waals surface area contributed by atoms with Crippen LogP contribution in [-0.2, 0) is 11.0 Å². The second-order valence-corrected chi connectivity index (χ2v) is 8.03. The fourth-order valence-electron chi connectivity index (χ4n) is 3.45. The van der Waals surface area contributed by atoms with Crippen LogP contribution in [0.2, 0.25) is 0 Å². The van der Waals surface area contributed by atoms with Crippen molar-refractivity contribution >= 4 is 11.6 Å². The molecule has 0 saturated carbocycles. The first-order valence-corrected chi connectivity index (χ1v) is 10.4. The average Bonchev–Trinajstić information content (AvgIpc) is 2.73. The zero-order valence-corrected chi connectivity index (χ0v) is 18.2. The fraction of sp³-hybridized carbons (Fsp3) is 0.269. The molecule has 0 fully saturated rings. The van der Waals surface area contributed by atoms with Crippen LogP contribution in [0.5, 0.6) is 5.75 Å². The number of benzene rings is 3. The van der Waals surface area contributed by atoms with Gasteiger partial charge in [0.05, 0.1) is 11.7 Å².